The zero-order chi connectivity index (χ0) is 13.4. The third kappa shape index (κ3) is 5.45. The molecule has 0 aliphatic heterocycles. The number of carbonyl (C=O) groups is 2. The zero-order valence-electron chi connectivity index (χ0n) is 10.3. The van der Waals surface area contributed by atoms with E-state index in [-0.39, 0.29) is 31.3 Å². The first-order chi connectivity index (χ1) is 8.59. The smallest absolute Gasteiger partial charge is 0.251 e. The summed E-state index contributed by atoms with van der Waals surface area (Å²) in [4.78, 5) is 22.9. The molecule has 1 aromatic carbocycles. The normalized spacial score (nSPS) is 11.7. The summed E-state index contributed by atoms with van der Waals surface area (Å²) in [5.74, 6) is -0.386. The molecule has 0 aliphatic rings. The highest BCUT2D eigenvalue weighted by molar-refractivity contribution is 5.94. The van der Waals surface area contributed by atoms with Crippen molar-refractivity contribution in [2.24, 2.45) is 0 Å². The molecule has 0 aliphatic carbocycles. The lowest BCUT2D eigenvalue weighted by molar-refractivity contribution is -0.121. The molecule has 3 N–H and O–H groups in total. The average Bonchev–Trinajstić information content (AvgIpc) is 2.37. The number of nitrogens with one attached hydrogen (secondary N) is 2. The first-order valence-electron chi connectivity index (χ1n) is 5.87. The lowest BCUT2D eigenvalue weighted by Crippen LogP contribution is -2.34. The number of amides is 2. The Kier molecular flexibility index (Phi) is 5.87. The van der Waals surface area contributed by atoms with Gasteiger partial charge in [-0.3, -0.25) is 9.59 Å². The molecule has 5 heteroatoms. The summed E-state index contributed by atoms with van der Waals surface area (Å²) >= 11 is 0. The fraction of sp³-hybridized carbons (Fsp3) is 0.385. The molecule has 0 aromatic heterocycles. The summed E-state index contributed by atoms with van der Waals surface area (Å²) in [5, 5.41) is 14.2. The highest BCUT2D eigenvalue weighted by Gasteiger charge is 2.06. The SMILES string of the molecule is C[C@H](O)CNC(=O)CCNC(=O)c1ccccc1. The molecule has 0 spiro atoms. The van der Waals surface area contributed by atoms with Crippen LogP contribution in [0.15, 0.2) is 30.3 Å². The van der Waals surface area contributed by atoms with Gasteiger partial charge in [0.15, 0.2) is 0 Å². The van der Waals surface area contributed by atoms with Gasteiger partial charge in [0.1, 0.15) is 0 Å². The van der Waals surface area contributed by atoms with Crippen molar-refractivity contribution in [1.29, 1.82) is 0 Å². The number of benzene rings is 1. The Balaban J connectivity index is 2.22. The van der Waals surface area contributed by atoms with Gasteiger partial charge in [-0.2, -0.15) is 0 Å². The number of hydrogen-bond acceptors (Lipinski definition) is 3. The minimum absolute atomic E-state index is 0.190. The van der Waals surface area contributed by atoms with Gasteiger partial charge in [-0.05, 0) is 19.1 Å². The molecule has 1 rings (SSSR count). The van der Waals surface area contributed by atoms with Crippen molar-refractivity contribution in [1.82, 2.24) is 10.6 Å². The van der Waals surface area contributed by atoms with Crippen molar-refractivity contribution in [3.05, 3.63) is 35.9 Å². The van der Waals surface area contributed by atoms with Gasteiger partial charge in [-0.25, -0.2) is 0 Å². The van der Waals surface area contributed by atoms with E-state index in [1.165, 1.54) is 0 Å². The molecule has 0 saturated carbocycles. The van der Waals surface area contributed by atoms with Crippen LogP contribution in [0.2, 0.25) is 0 Å². The van der Waals surface area contributed by atoms with Gasteiger partial charge in [-0.1, -0.05) is 18.2 Å². The van der Waals surface area contributed by atoms with Crippen molar-refractivity contribution in [3.63, 3.8) is 0 Å². The van der Waals surface area contributed by atoms with Crippen LogP contribution >= 0.6 is 0 Å². The standard InChI is InChI=1S/C13H18N2O3/c1-10(16)9-15-12(17)7-8-14-13(18)11-5-3-2-4-6-11/h2-6,10,16H,7-9H2,1H3,(H,14,18)(H,15,17)/t10-/m0/s1. The van der Waals surface area contributed by atoms with E-state index in [9.17, 15) is 9.59 Å². The summed E-state index contributed by atoms with van der Waals surface area (Å²) in [7, 11) is 0. The fourth-order valence-corrected chi connectivity index (χ4v) is 1.33. The van der Waals surface area contributed by atoms with Crippen LogP contribution in [0.5, 0.6) is 0 Å². The summed E-state index contributed by atoms with van der Waals surface area (Å²) in [6.07, 6.45) is -0.362. The van der Waals surface area contributed by atoms with Gasteiger partial charge in [-0.15, -0.1) is 0 Å². The predicted molar refractivity (Wildman–Crippen MR) is 68.1 cm³/mol. The number of rotatable bonds is 6. The highest BCUT2D eigenvalue weighted by Crippen LogP contribution is 1.97. The van der Waals surface area contributed by atoms with Crippen LogP contribution in [0.25, 0.3) is 0 Å². The summed E-state index contributed by atoms with van der Waals surface area (Å²) in [6.45, 7) is 2.10. The zero-order valence-corrected chi connectivity index (χ0v) is 10.3. The van der Waals surface area contributed by atoms with E-state index in [0.717, 1.165) is 0 Å². The molecular weight excluding hydrogens is 232 g/mol. The van der Waals surface area contributed by atoms with Gasteiger partial charge in [0, 0.05) is 25.1 Å². The van der Waals surface area contributed by atoms with Gasteiger partial charge in [0.2, 0.25) is 5.91 Å². The molecular formula is C13H18N2O3. The van der Waals surface area contributed by atoms with Crippen molar-refractivity contribution in [3.8, 4) is 0 Å². The van der Waals surface area contributed by atoms with Crippen molar-refractivity contribution < 1.29 is 14.7 Å². The van der Waals surface area contributed by atoms with Crippen LogP contribution in [-0.2, 0) is 4.79 Å². The van der Waals surface area contributed by atoms with E-state index < -0.39 is 6.10 Å². The van der Waals surface area contributed by atoms with Crippen LogP contribution in [0, 0.1) is 0 Å². The van der Waals surface area contributed by atoms with Crippen LogP contribution in [0.3, 0.4) is 0 Å². The Morgan fingerprint density at radius 2 is 1.89 bits per heavy atom. The van der Waals surface area contributed by atoms with E-state index in [2.05, 4.69) is 10.6 Å². The molecule has 1 atom stereocenters. The molecule has 0 bridgehead atoms. The van der Waals surface area contributed by atoms with E-state index in [0.29, 0.717) is 5.56 Å². The van der Waals surface area contributed by atoms with Crippen molar-refractivity contribution in [2.45, 2.75) is 19.4 Å². The van der Waals surface area contributed by atoms with Crippen molar-refractivity contribution in [2.75, 3.05) is 13.1 Å². The first kappa shape index (κ1) is 14.2. The van der Waals surface area contributed by atoms with Gasteiger partial charge in [0.05, 0.1) is 6.10 Å². The van der Waals surface area contributed by atoms with Crippen LogP contribution in [0.1, 0.15) is 23.7 Å². The maximum atomic E-state index is 11.6. The Hall–Kier alpha value is -1.88. The molecule has 5 nitrogen and oxygen atoms in total. The third-order valence-electron chi connectivity index (χ3n) is 2.27. The molecule has 0 heterocycles. The Bertz CT molecular complexity index is 390. The largest absolute Gasteiger partial charge is 0.392 e. The maximum Gasteiger partial charge on any atom is 0.251 e. The Morgan fingerprint density at radius 1 is 1.22 bits per heavy atom. The lowest BCUT2D eigenvalue weighted by atomic mass is 10.2. The van der Waals surface area contributed by atoms with E-state index >= 15 is 0 Å². The predicted octanol–water partition coefficient (Wildman–Crippen LogP) is 0.303. The third-order valence-corrected chi connectivity index (χ3v) is 2.27. The topological polar surface area (TPSA) is 78.4 Å². The first-order valence-corrected chi connectivity index (χ1v) is 5.87. The minimum atomic E-state index is -0.562. The van der Waals surface area contributed by atoms with E-state index in [4.69, 9.17) is 5.11 Å². The average molecular weight is 250 g/mol. The van der Waals surface area contributed by atoms with Crippen LogP contribution in [-0.4, -0.2) is 36.1 Å². The van der Waals surface area contributed by atoms with Crippen molar-refractivity contribution >= 4 is 11.8 Å². The number of aliphatic hydroxyl groups excluding tert-OH is 1. The second kappa shape index (κ2) is 7.45. The molecule has 0 radical (unpaired) electrons. The quantitative estimate of drug-likeness (QED) is 0.679. The molecule has 2 amide bonds. The second-order valence-corrected chi connectivity index (χ2v) is 4.03. The Morgan fingerprint density at radius 3 is 2.50 bits per heavy atom. The minimum Gasteiger partial charge on any atom is -0.392 e. The van der Waals surface area contributed by atoms with Crippen LogP contribution in [0.4, 0.5) is 0 Å². The number of hydrogen-bond donors (Lipinski definition) is 3. The molecule has 18 heavy (non-hydrogen) atoms. The Labute approximate surface area is 106 Å². The maximum absolute atomic E-state index is 11.6. The highest BCUT2D eigenvalue weighted by atomic mass is 16.3. The molecule has 0 fully saturated rings. The monoisotopic (exact) mass is 250 g/mol. The number of aliphatic hydroxyl groups is 1. The van der Waals surface area contributed by atoms with Gasteiger partial charge in [0.25, 0.3) is 5.91 Å². The fourth-order valence-electron chi connectivity index (χ4n) is 1.33. The molecule has 98 valence electrons. The van der Waals surface area contributed by atoms with E-state index in [1.807, 2.05) is 6.07 Å². The number of carbonyl (C=O) groups excluding carboxylic acids is 2. The van der Waals surface area contributed by atoms with Crippen LogP contribution < -0.4 is 10.6 Å². The van der Waals surface area contributed by atoms with Gasteiger partial charge < -0.3 is 15.7 Å². The summed E-state index contributed by atoms with van der Waals surface area (Å²) in [6, 6.07) is 8.82. The van der Waals surface area contributed by atoms with E-state index in [1.54, 1.807) is 31.2 Å². The lowest BCUT2D eigenvalue weighted by Gasteiger charge is -2.08. The summed E-state index contributed by atoms with van der Waals surface area (Å²) < 4.78 is 0. The molecule has 0 saturated heterocycles. The van der Waals surface area contributed by atoms with Gasteiger partial charge >= 0.3 is 0 Å². The molecule has 1 aromatic rings. The second-order valence-electron chi connectivity index (χ2n) is 4.03. The summed E-state index contributed by atoms with van der Waals surface area (Å²) in [5.41, 5.74) is 0.571. The molecule has 0 unspecified atom stereocenters.